The second-order valence-corrected chi connectivity index (χ2v) is 8.42. The Bertz CT molecular complexity index is 907. The van der Waals surface area contributed by atoms with E-state index in [1.165, 1.54) is 15.8 Å². The zero-order valence-electron chi connectivity index (χ0n) is 14.6. The van der Waals surface area contributed by atoms with Gasteiger partial charge in [0.15, 0.2) is 0 Å². The van der Waals surface area contributed by atoms with Crippen molar-refractivity contribution in [2.75, 3.05) is 25.0 Å². The molecule has 1 aliphatic heterocycles. The van der Waals surface area contributed by atoms with E-state index in [0.29, 0.717) is 5.41 Å². The quantitative estimate of drug-likeness (QED) is 0.729. The Hall–Kier alpha value is -2.24. The number of hydrogen-bond donors (Lipinski definition) is 1. The topological polar surface area (TPSA) is 41.0 Å². The fourth-order valence-electron chi connectivity index (χ4n) is 3.49. The number of pyridine rings is 1. The Balaban J connectivity index is 1.49. The molecule has 0 amide bonds. The van der Waals surface area contributed by atoms with E-state index < -0.39 is 0 Å². The van der Waals surface area contributed by atoms with Crippen LogP contribution in [0, 0.1) is 5.41 Å². The molecule has 0 aliphatic carbocycles. The maximum Gasteiger partial charge on any atom is 0.130 e. The van der Waals surface area contributed by atoms with Crippen molar-refractivity contribution in [2.45, 2.75) is 13.8 Å². The lowest BCUT2D eigenvalue weighted by Crippen LogP contribution is -2.53. The predicted octanol–water partition coefficient (Wildman–Crippen LogP) is 4.63. The Kier molecular flexibility index (Phi) is 4.06. The van der Waals surface area contributed by atoms with Crippen molar-refractivity contribution in [3.8, 4) is 10.4 Å². The number of hydrogen-bond acceptors (Lipinski definition) is 5. The lowest BCUT2D eigenvalue weighted by Gasteiger charge is -2.46. The van der Waals surface area contributed by atoms with E-state index in [-0.39, 0.29) is 0 Å². The second-order valence-electron chi connectivity index (χ2n) is 7.54. The molecule has 2 aromatic heterocycles. The van der Waals surface area contributed by atoms with E-state index >= 15 is 0 Å². The number of nitrogens with zero attached hydrogens (tertiary/aromatic N) is 3. The summed E-state index contributed by atoms with van der Waals surface area (Å²) < 4.78 is 0. The number of fused-ring (bicyclic) bond motifs is 1. The summed E-state index contributed by atoms with van der Waals surface area (Å²) in [5.74, 6) is 0.846. The molecule has 0 bridgehead atoms. The summed E-state index contributed by atoms with van der Waals surface area (Å²) >= 11 is 1.65. The molecule has 25 heavy (non-hydrogen) atoms. The van der Waals surface area contributed by atoms with Gasteiger partial charge in [-0.1, -0.05) is 32.6 Å². The molecule has 3 heterocycles. The van der Waals surface area contributed by atoms with E-state index in [1.807, 2.05) is 17.9 Å². The highest BCUT2D eigenvalue weighted by molar-refractivity contribution is 7.13. The number of benzene rings is 1. The molecule has 1 fully saturated rings. The Morgan fingerprint density at radius 3 is 2.80 bits per heavy atom. The van der Waals surface area contributed by atoms with Crippen molar-refractivity contribution in [1.82, 2.24) is 14.9 Å². The van der Waals surface area contributed by atoms with Gasteiger partial charge < -0.3 is 5.32 Å². The van der Waals surface area contributed by atoms with Crippen molar-refractivity contribution >= 4 is 27.9 Å². The molecule has 0 radical (unpaired) electrons. The molecule has 1 saturated heterocycles. The van der Waals surface area contributed by atoms with Crippen LogP contribution in [0.4, 0.5) is 5.82 Å². The van der Waals surface area contributed by atoms with E-state index in [9.17, 15) is 0 Å². The van der Waals surface area contributed by atoms with Gasteiger partial charge >= 0.3 is 0 Å². The van der Waals surface area contributed by atoms with Crippen molar-refractivity contribution in [1.29, 1.82) is 0 Å². The number of nitrogens with one attached hydrogen (secondary N) is 1. The van der Waals surface area contributed by atoms with Gasteiger partial charge in [-0.25, -0.2) is 4.98 Å². The van der Waals surface area contributed by atoms with E-state index in [4.69, 9.17) is 0 Å². The summed E-state index contributed by atoms with van der Waals surface area (Å²) in [6, 6.07) is 8.51. The average Bonchev–Trinajstić information content (AvgIpc) is 3.06. The number of aromatic nitrogens is 2. The van der Waals surface area contributed by atoms with Crippen LogP contribution in [0.2, 0.25) is 0 Å². The summed E-state index contributed by atoms with van der Waals surface area (Å²) in [5, 5.41) is 5.66. The molecule has 0 unspecified atom stereocenters. The summed E-state index contributed by atoms with van der Waals surface area (Å²) in [6.07, 6.45) is 3.82. The minimum absolute atomic E-state index is 0.439. The van der Waals surface area contributed by atoms with Gasteiger partial charge in [-0.3, -0.25) is 9.88 Å². The molecular weight excluding hydrogens is 328 g/mol. The highest BCUT2D eigenvalue weighted by atomic mass is 32.1. The van der Waals surface area contributed by atoms with Crippen LogP contribution in [-0.4, -0.2) is 34.5 Å². The predicted molar refractivity (Wildman–Crippen MR) is 106 cm³/mol. The lowest BCUT2D eigenvalue weighted by atomic mass is 9.84. The minimum Gasteiger partial charge on any atom is -0.343 e. The number of anilines is 1. The largest absolute Gasteiger partial charge is 0.343 e. The fraction of sp³-hybridized carbons (Fsp3) is 0.300. The third kappa shape index (κ3) is 3.57. The number of thiazole rings is 1. The Morgan fingerprint density at radius 2 is 2.08 bits per heavy atom. The number of rotatable bonds is 5. The Labute approximate surface area is 152 Å². The SMILES string of the molecule is C=C(CN1CC(C)(C)C1)Nc1cc2cc(-c3cncs3)ccc2cn1. The van der Waals surface area contributed by atoms with Crippen LogP contribution in [0.3, 0.4) is 0 Å². The van der Waals surface area contributed by atoms with E-state index in [0.717, 1.165) is 36.5 Å². The first-order chi connectivity index (χ1) is 12.0. The van der Waals surface area contributed by atoms with Crippen LogP contribution in [0.15, 0.2) is 54.4 Å². The molecule has 1 aromatic carbocycles. The van der Waals surface area contributed by atoms with E-state index in [2.05, 4.69) is 64.9 Å². The Morgan fingerprint density at radius 1 is 1.24 bits per heavy atom. The van der Waals surface area contributed by atoms with Crippen LogP contribution < -0.4 is 5.32 Å². The first kappa shape index (κ1) is 16.2. The van der Waals surface area contributed by atoms with Gasteiger partial charge in [-0.2, -0.15) is 0 Å². The van der Waals surface area contributed by atoms with Crippen LogP contribution in [0.25, 0.3) is 21.2 Å². The molecule has 4 nitrogen and oxygen atoms in total. The van der Waals surface area contributed by atoms with Gasteiger partial charge in [-0.05, 0) is 28.5 Å². The van der Waals surface area contributed by atoms with Gasteiger partial charge in [0.25, 0.3) is 0 Å². The molecule has 1 N–H and O–H groups in total. The summed E-state index contributed by atoms with van der Waals surface area (Å²) in [4.78, 5) is 12.3. The monoisotopic (exact) mass is 350 g/mol. The van der Waals surface area contributed by atoms with Crippen LogP contribution in [-0.2, 0) is 0 Å². The van der Waals surface area contributed by atoms with Crippen molar-refractivity contribution in [3.63, 3.8) is 0 Å². The molecule has 0 spiro atoms. The van der Waals surface area contributed by atoms with Crippen LogP contribution >= 0.6 is 11.3 Å². The van der Waals surface area contributed by atoms with Crippen molar-refractivity contribution in [3.05, 3.63) is 54.4 Å². The first-order valence-corrected chi connectivity index (χ1v) is 9.32. The molecule has 5 heteroatoms. The summed E-state index contributed by atoms with van der Waals surface area (Å²) in [6.45, 7) is 11.9. The molecule has 0 atom stereocenters. The van der Waals surface area contributed by atoms with Crippen molar-refractivity contribution in [2.24, 2.45) is 5.41 Å². The fourth-order valence-corrected chi connectivity index (χ4v) is 4.11. The minimum atomic E-state index is 0.439. The molecule has 128 valence electrons. The lowest BCUT2D eigenvalue weighted by molar-refractivity contribution is 0.0404. The standard InChI is InChI=1S/C20H22N4S/c1-14(10-24-11-20(2,3)12-24)23-19-7-17-6-15(18-9-21-13-25-18)4-5-16(17)8-22-19/h4-9,13H,1,10-12H2,2-3H3,(H,22,23). The highest BCUT2D eigenvalue weighted by Crippen LogP contribution is 2.30. The zero-order chi connectivity index (χ0) is 17.4. The van der Waals surface area contributed by atoms with Crippen molar-refractivity contribution < 1.29 is 0 Å². The maximum atomic E-state index is 4.52. The summed E-state index contributed by atoms with van der Waals surface area (Å²) in [7, 11) is 0. The van der Waals surface area contributed by atoms with Gasteiger partial charge in [0, 0.05) is 43.1 Å². The van der Waals surface area contributed by atoms with Gasteiger partial charge in [0.05, 0.1) is 10.4 Å². The highest BCUT2D eigenvalue weighted by Gasteiger charge is 2.33. The van der Waals surface area contributed by atoms with Gasteiger partial charge in [0.2, 0.25) is 0 Å². The maximum absolute atomic E-state index is 4.52. The zero-order valence-corrected chi connectivity index (χ0v) is 15.4. The smallest absolute Gasteiger partial charge is 0.130 e. The van der Waals surface area contributed by atoms with Crippen LogP contribution in [0.5, 0.6) is 0 Å². The molecule has 1 aliphatic rings. The molecular formula is C20H22N4S. The van der Waals surface area contributed by atoms with Gasteiger partial charge in [-0.15, -0.1) is 11.3 Å². The van der Waals surface area contributed by atoms with Crippen LogP contribution in [0.1, 0.15) is 13.8 Å². The average molecular weight is 350 g/mol. The molecule has 4 rings (SSSR count). The normalized spacial score (nSPS) is 16.6. The molecule has 3 aromatic rings. The summed E-state index contributed by atoms with van der Waals surface area (Å²) in [5.41, 5.74) is 4.48. The van der Waals surface area contributed by atoms with Gasteiger partial charge in [0.1, 0.15) is 5.82 Å². The third-order valence-electron chi connectivity index (χ3n) is 4.46. The number of likely N-dealkylation sites (tertiary alicyclic amines) is 1. The molecule has 0 saturated carbocycles. The first-order valence-electron chi connectivity index (χ1n) is 8.44. The third-order valence-corrected chi connectivity index (χ3v) is 5.28. The van der Waals surface area contributed by atoms with E-state index in [1.54, 1.807) is 11.3 Å². The second kappa shape index (κ2) is 6.24.